The second-order valence-electron chi connectivity index (χ2n) is 3.94. The van der Waals surface area contributed by atoms with Gasteiger partial charge >= 0.3 is 0 Å². The Morgan fingerprint density at radius 1 is 1.22 bits per heavy atom. The van der Waals surface area contributed by atoms with E-state index in [1.165, 1.54) is 0 Å². The molecule has 1 heterocycles. The van der Waals surface area contributed by atoms with E-state index in [0.29, 0.717) is 13.0 Å². The Morgan fingerprint density at radius 2 is 2.06 bits per heavy atom. The first kappa shape index (κ1) is 12.2. The van der Waals surface area contributed by atoms with Gasteiger partial charge in [0, 0.05) is 12.7 Å². The third-order valence-electron chi connectivity index (χ3n) is 2.68. The Labute approximate surface area is 106 Å². The number of anilines is 1. The highest BCUT2D eigenvalue weighted by molar-refractivity contribution is 5.80. The molecule has 0 bridgehead atoms. The van der Waals surface area contributed by atoms with E-state index in [2.05, 4.69) is 10.6 Å². The van der Waals surface area contributed by atoms with Crippen LogP contribution in [0.3, 0.4) is 0 Å². The molecule has 94 valence electrons. The number of furan rings is 1. The van der Waals surface area contributed by atoms with Gasteiger partial charge in [-0.1, -0.05) is 18.2 Å². The van der Waals surface area contributed by atoms with Gasteiger partial charge in [0.2, 0.25) is 5.91 Å². The quantitative estimate of drug-likeness (QED) is 0.847. The molecule has 1 amide bonds. The van der Waals surface area contributed by atoms with Gasteiger partial charge in [0.1, 0.15) is 5.76 Å². The van der Waals surface area contributed by atoms with Gasteiger partial charge in [-0.15, -0.1) is 0 Å². The SMILES string of the molecule is CNC(=O)Cc1ccccc1NCc1ccco1. The lowest BCUT2D eigenvalue weighted by Crippen LogP contribution is -2.20. The van der Waals surface area contributed by atoms with Crippen molar-refractivity contribution in [3.63, 3.8) is 0 Å². The van der Waals surface area contributed by atoms with Crippen molar-refractivity contribution in [3.05, 3.63) is 54.0 Å². The summed E-state index contributed by atoms with van der Waals surface area (Å²) >= 11 is 0. The summed E-state index contributed by atoms with van der Waals surface area (Å²) in [4.78, 5) is 11.4. The number of carbonyl (C=O) groups excluding carboxylic acids is 1. The number of hydrogen-bond donors (Lipinski definition) is 2. The first-order valence-electron chi connectivity index (χ1n) is 5.84. The van der Waals surface area contributed by atoms with Gasteiger partial charge in [-0.25, -0.2) is 0 Å². The van der Waals surface area contributed by atoms with E-state index >= 15 is 0 Å². The summed E-state index contributed by atoms with van der Waals surface area (Å²) in [7, 11) is 1.64. The smallest absolute Gasteiger partial charge is 0.224 e. The van der Waals surface area contributed by atoms with Gasteiger partial charge in [0.25, 0.3) is 0 Å². The van der Waals surface area contributed by atoms with Gasteiger partial charge in [0.05, 0.1) is 19.2 Å². The first-order chi connectivity index (χ1) is 8.79. The maximum Gasteiger partial charge on any atom is 0.224 e. The molecule has 0 saturated carbocycles. The molecule has 1 aromatic carbocycles. The molecule has 0 aliphatic rings. The van der Waals surface area contributed by atoms with E-state index in [9.17, 15) is 4.79 Å². The molecule has 0 unspecified atom stereocenters. The predicted molar refractivity (Wildman–Crippen MR) is 70.2 cm³/mol. The lowest BCUT2D eigenvalue weighted by molar-refractivity contribution is -0.119. The van der Waals surface area contributed by atoms with Crippen LogP contribution in [0.4, 0.5) is 5.69 Å². The van der Waals surface area contributed by atoms with Gasteiger partial charge in [-0.2, -0.15) is 0 Å². The molecule has 4 heteroatoms. The molecule has 2 rings (SSSR count). The van der Waals surface area contributed by atoms with Crippen molar-refractivity contribution in [2.45, 2.75) is 13.0 Å². The Morgan fingerprint density at radius 3 is 2.78 bits per heavy atom. The summed E-state index contributed by atoms with van der Waals surface area (Å²) in [5.74, 6) is 0.868. The molecule has 1 aromatic heterocycles. The van der Waals surface area contributed by atoms with Gasteiger partial charge in [-0.3, -0.25) is 4.79 Å². The standard InChI is InChI=1S/C14H16N2O2/c1-15-14(17)9-11-5-2-3-7-13(11)16-10-12-6-4-8-18-12/h2-8,16H,9-10H2,1H3,(H,15,17). The number of carbonyl (C=O) groups is 1. The van der Waals surface area contributed by atoms with Crippen LogP contribution < -0.4 is 10.6 Å². The van der Waals surface area contributed by atoms with Gasteiger partial charge < -0.3 is 15.1 Å². The van der Waals surface area contributed by atoms with Crippen molar-refractivity contribution in [2.75, 3.05) is 12.4 Å². The zero-order chi connectivity index (χ0) is 12.8. The zero-order valence-corrected chi connectivity index (χ0v) is 10.3. The number of nitrogens with one attached hydrogen (secondary N) is 2. The average molecular weight is 244 g/mol. The van der Waals surface area contributed by atoms with Crippen molar-refractivity contribution in [1.29, 1.82) is 0 Å². The fraction of sp³-hybridized carbons (Fsp3) is 0.214. The second kappa shape index (κ2) is 5.91. The molecule has 2 aromatic rings. The number of hydrogen-bond acceptors (Lipinski definition) is 3. The van der Waals surface area contributed by atoms with Crippen LogP contribution in [0.2, 0.25) is 0 Å². The lowest BCUT2D eigenvalue weighted by Gasteiger charge is -2.10. The van der Waals surface area contributed by atoms with Crippen molar-refractivity contribution in [3.8, 4) is 0 Å². The Balaban J connectivity index is 2.05. The molecular weight excluding hydrogens is 228 g/mol. The minimum Gasteiger partial charge on any atom is -0.467 e. The van der Waals surface area contributed by atoms with Gasteiger partial charge in [-0.05, 0) is 23.8 Å². The molecule has 2 N–H and O–H groups in total. The summed E-state index contributed by atoms with van der Waals surface area (Å²) < 4.78 is 5.26. The number of likely N-dealkylation sites (N-methyl/N-ethyl adjacent to an activating group) is 1. The summed E-state index contributed by atoms with van der Waals surface area (Å²) in [6.07, 6.45) is 2.02. The largest absolute Gasteiger partial charge is 0.467 e. The molecule has 0 spiro atoms. The molecule has 4 nitrogen and oxygen atoms in total. The van der Waals surface area contributed by atoms with Crippen LogP contribution in [0.25, 0.3) is 0 Å². The molecule has 0 aliphatic heterocycles. The molecule has 0 radical (unpaired) electrons. The van der Waals surface area contributed by atoms with Crippen molar-refractivity contribution >= 4 is 11.6 Å². The van der Waals surface area contributed by atoms with E-state index < -0.39 is 0 Å². The minimum atomic E-state index is 0.00208. The van der Waals surface area contributed by atoms with Crippen LogP contribution in [0, 0.1) is 0 Å². The normalized spacial score (nSPS) is 10.1. The van der Waals surface area contributed by atoms with E-state index in [1.54, 1.807) is 13.3 Å². The maximum atomic E-state index is 11.4. The zero-order valence-electron chi connectivity index (χ0n) is 10.3. The van der Waals surface area contributed by atoms with E-state index in [4.69, 9.17) is 4.42 Å². The number of benzene rings is 1. The van der Waals surface area contributed by atoms with Crippen LogP contribution in [-0.4, -0.2) is 13.0 Å². The van der Waals surface area contributed by atoms with E-state index in [0.717, 1.165) is 17.0 Å². The lowest BCUT2D eigenvalue weighted by atomic mass is 10.1. The van der Waals surface area contributed by atoms with Crippen LogP contribution in [0.15, 0.2) is 47.1 Å². The Bertz CT molecular complexity index is 506. The topological polar surface area (TPSA) is 54.3 Å². The third-order valence-corrected chi connectivity index (χ3v) is 2.68. The molecule has 18 heavy (non-hydrogen) atoms. The highest BCUT2D eigenvalue weighted by atomic mass is 16.3. The summed E-state index contributed by atoms with van der Waals surface area (Å²) in [6.45, 7) is 0.609. The maximum absolute atomic E-state index is 11.4. The van der Waals surface area contributed by atoms with Crippen molar-refractivity contribution in [2.24, 2.45) is 0 Å². The number of amides is 1. The van der Waals surface area contributed by atoms with E-state index in [-0.39, 0.29) is 5.91 Å². The van der Waals surface area contributed by atoms with Crippen molar-refractivity contribution in [1.82, 2.24) is 5.32 Å². The van der Waals surface area contributed by atoms with Gasteiger partial charge in [0.15, 0.2) is 0 Å². The number of para-hydroxylation sites is 1. The van der Waals surface area contributed by atoms with Crippen LogP contribution in [-0.2, 0) is 17.8 Å². The molecule has 0 saturated heterocycles. The first-order valence-corrected chi connectivity index (χ1v) is 5.84. The van der Waals surface area contributed by atoms with Crippen LogP contribution >= 0.6 is 0 Å². The fourth-order valence-corrected chi connectivity index (χ4v) is 1.70. The molecule has 0 fully saturated rings. The predicted octanol–water partition coefficient (Wildman–Crippen LogP) is 2.18. The minimum absolute atomic E-state index is 0.00208. The Hall–Kier alpha value is -2.23. The molecular formula is C14H16N2O2. The highest BCUT2D eigenvalue weighted by Crippen LogP contribution is 2.16. The number of rotatable bonds is 5. The van der Waals surface area contributed by atoms with Crippen molar-refractivity contribution < 1.29 is 9.21 Å². The summed E-state index contributed by atoms with van der Waals surface area (Å²) in [5, 5.41) is 5.90. The third kappa shape index (κ3) is 3.13. The molecule has 0 aliphatic carbocycles. The monoisotopic (exact) mass is 244 g/mol. The summed E-state index contributed by atoms with van der Waals surface area (Å²) in [5.41, 5.74) is 1.93. The van der Waals surface area contributed by atoms with E-state index in [1.807, 2.05) is 36.4 Å². The second-order valence-corrected chi connectivity index (χ2v) is 3.94. The average Bonchev–Trinajstić information content (AvgIpc) is 2.91. The summed E-state index contributed by atoms with van der Waals surface area (Å²) in [6, 6.07) is 11.5. The Kier molecular flexibility index (Phi) is 4.02. The highest BCUT2D eigenvalue weighted by Gasteiger charge is 2.06. The molecule has 0 atom stereocenters. The van der Waals surface area contributed by atoms with Crippen LogP contribution in [0.5, 0.6) is 0 Å². The van der Waals surface area contributed by atoms with Crippen LogP contribution in [0.1, 0.15) is 11.3 Å². The fourth-order valence-electron chi connectivity index (χ4n) is 1.70.